The molecule has 2 rings (SSSR count). The van der Waals surface area contributed by atoms with E-state index in [1.54, 1.807) is 0 Å². The smallest absolute Gasteiger partial charge is 0.310 e. The molecule has 2 aromatic carbocycles. The summed E-state index contributed by atoms with van der Waals surface area (Å²) in [5, 5.41) is 21.9. The molecule has 0 saturated carbocycles. The van der Waals surface area contributed by atoms with Crippen LogP contribution in [0.1, 0.15) is 17.3 Å². The fraction of sp³-hybridized carbons (Fsp3) is 0.125. The van der Waals surface area contributed by atoms with Gasteiger partial charge >= 0.3 is 5.69 Å². The number of amides is 2. The fourth-order valence-electron chi connectivity index (χ4n) is 2.06. The number of carbonyl (C=O) groups is 2. The van der Waals surface area contributed by atoms with Crippen LogP contribution in [0.2, 0.25) is 0 Å². The number of ether oxygens (including phenoxy) is 1. The van der Waals surface area contributed by atoms with Gasteiger partial charge in [0.05, 0.1) is 9.85 Å². The van der Waals surface area contributed by atoms with E-state index in [0.29, 0.717) is 0 Å². The van der Waals surface area contributed by atoms with Crippen molar-refractivity contribution in [2.24, 2.45) is 0 Å². The summed E-state index contributed by atoms with van der Waals surface area (Å²) in [4.78, 5) is 44.6. The van der Waals surface area contributed by atoms with Gasteiger partial charge in [-0.05, 0) is 19.1 Å². The molecule has 0 bridgehead atoms. The number of hydrogen-bond donors (Lipinski definition) is 2. The zero-order valence-electron chi connectivity index (χ0n) is 13.9. The van der Waals surface area contributed by atoms with Gasteiger partial charge in [0.15, 0.2) is 11.9 Å². The molecule has 0 aliphatic rings. The summed E-state index contributed by atoms with van der Waals surface area (Å²) in [6, 6.07) is 10.7. The van der Waals surface area contributed by atoms with E-state index in [-0.39, 0.29) is 17.0 Å². The second-order valence-corrected chi connectivity index (χ2v) is 5.20. The second kappa shape index (κ2) is 8.38. The molecule has 2 N–H and O–H groups in total. The van der Waals surface area contributed by atoms with E-state index in [1.165, 1.54) is 49.4 Å². The van der Waals surface area contributed by atoms with E-state index in [2.05, 4.69) is 5.43 Å². The number of hydrazine groups is 1. The molecule has 2 aromatic rings. The molecule has 0 saturated heterocycles. The van der Waals surface area contributed by atoms with E-state index in [9.17, 15) is 29.8 Å². The van der Waals surface area contributed by atoms with Crippen molar-refractivity contribution >= 4 is 23.2 Å². The third-order valence-corrected chi connectivity index (χ3v) is 3.38. The van der Waals surface area contributed by atoms with Crippen molar-refractivity contribution < 1.29 is 24.2 Å². The quantitative estimate of drug-likeness (QED) is 0.576. The van der Waals surface area contributed by atoms with Gasteiger partial charge in [0.25, 0.3) is 17.5 Å². The normalized spacial score (nSPS) is 11.1. The van der Waals surface area contributed by atoms with Gasteiger partial charge < -0.3 is 4.74 Å². The molecule has 1 atom stereocenters. The molecule has 0 aromatic heterocycles. The average molecular weight is 374 g/mol. The topological polar surface area (TPSA) is 154 Å². The Morgan fingerprint density at radius 2 is 1.48 bits per heavy atom. The summed E-state index contributed by atoms with van der Waals surface area (Å²) in [5.41, 5.74) is 3.12. The van der Waals surface area contributed by atoms with Crippen LogP contribution in [0, 0.1) is 20.2 Å². The molecule has 27 heavy (non-hydrogen) atoms. The molecular formula is C16H14N4O7. The van der Waals surface area contributed by atoms with E-state index in [0.717, 1.165) is 6.07 Å². The fourth-order valence-corrected chi connectivity index (χ4v) is 2.06. The maximum absolute atomic E-state index is 12.0. The average Bonchev–Trinajstić information content (AvgIpc) is 2.65. The van der Waals surface area contributed by atoms with E-state index in [4.69, 9.17) is 4.74 Å². The Hall–Kier alpha value is -4.02. The molecule has 0 aliphatic heterocycles. The van der Waals surface area contributed by atoms with E-state index >= 15 is 0 Å². The third kappa shape index (κ3) is 4.75. The minimum Gasteiger partial charge on any atom is -0.474 e. The lowest BCUT2D eigenvalue weighted by Gasteiger charge is -2.15. The zero-order chi connectivity index (χ0) is 20.0. The van der Waals surface area contributed by atoms with Crippen molar-refractivity contribution in [1.82, 2.24) is 10.9 Å². The monoisotopic (exact) mass is 374 g/mol. The zero-order valence-corrected chi connectivity index (χ0v) is 13.9. The summed E-state index contributed by atoms with van der Waals surface area (Å²) in [7, 11) is 0. The van der Waals surface area contributed by atoms with Gasteiger partial charge in [-0.25, -0.2) is 0 Å². The molecule has 11 nitrogen and oxygen atoms in total. The number of benzene rings is 2. The Bertz CT molecular complexity index is 900. The molecule has 2 amide bonds. The van der Waals surface area contributed by atoms with Crippen LogP contribution in [-0.2, 0) is 4.79 Å². The van der Waals surface area contributed by atoms with Gasteiger partial charge in [-0.15, -0.1) is 0 Å². The van der Waals surface area contributed by atoms with Crippen molar-refractivity contribution in [3.05, 3.63) is 74.3 Å². The maximum atomic E-state index is 12.0. The SMILES string of the molecule is CC(Oc1ccccc1[N+](=O)[O-])C(=O)NNC(=O)c1ccccc1[N+](=O)[O-]. The second-order valence-electron chi connectivity index (χ2n) is 5.20. The highest BCUT2D eigenvalue weighted by Gasteiger charge is 2.23. The maximum Gasteiger partial charge on any atom is 0.310 e. The summed E-state index contributed by atoms with van der Waals surface area (Å²) in [6.07, 6.45) is -1.18. The summed E-state index contributed by atoms with van der Waals surface area (Å²) in [5.74, 6) is -1.82. The number of hydrogen-bond acceptors (Lipinski definition) is 7. The first-order chi connectivity index (χ1) is 12.8. The number of para-hydroxylation sites is 3. The van der Waals surface area contributed by atoms with Crippen molar-refractivity contribution in [1.29, 1.82) is 0 Å². The summed E-state index contributed by atoms with van der Waals surface area (Å²) >= 11 is 0. The molecular weight excluding hydrogens is 360 g/mol. The number of nitro groups is 2. The molecule has 1 unspecified atom stereocenters. The van der Waals surface area contributed by atoms with Crippen molar-refractivity contribution in [3.63, 3.8) is 0 Å². The minimum atomic E-state index is -1.18. The molecule has 0 heterocycles. The Kier molecular flexibility index (Phi) is 5.99. The predicted molar refractivity (Wildman–Crippen MR) is 91.9 cm³/mol. The first kappa shape index (κ1) is 19.3. The number of nitrogens with one attached hydrogen (secondary N) is 2. The van der Waals surface area contributed by atoms with Crippen LogP contribution in [0.5, 0.6) is 5.75 Å². The van der Waals surface area contributed by atoms with Gasteiger partial charge in [-0.3, -0.25) is 40.7 Å². The van der Waals surface area contributed by atoms with Gasteiger partial charge in [0.2, 0.25) is 0 Å². The molecule has 0 aliphatic carbocycles. The summed E-state index contributed by atoms with van der Waals surface area (Å²) in [6.45, 7) is 1.32. The molecule has 11 heteroatoms. The van der Waals surface area contributed by atoms with Crippen LogP contribution < -0.4 is 15.6 Å². The van der Waals surface area contributed by atoms with Gasteiger partial charge in [-0.1, -0.05) is 24.3 Å². The first-order valence-electron chi connectivity index (χ1n) is 7.55. The Balaban J connectivity index is 2.01. The molecule has 0 spiro atoms. The Morgan fingerprint density at radius 1 is 0.926 bits per heavy atom. The third-order valence-electron chi connectivity index (χ3n) is 3.38. The Labute approximate surface area is 152 Å². The van der Waals surface area contributed by atoms with Gasteiger partial charge in [-0.2, -0.15) is 0 Å². The van der Waals surface area contributed by atoms with Crippen LogP contribution in [-0.4, -0.2) is 27.8 Å². The highest BCUT2D eigenvalue weighted by Crippen LogP contribution is 2.26. The molecule has 140 valence electrons. The van der Waals surface area contributed by atoms with Crippen LogP contribution in [0.3, 0.4) is 0 Å². The van der Waals surface area contributed by atoms with E-state index in [1.807, 2.05) is 5.43 Å². The standard InChI is InChI=1S/C16H14N4O7/c1-10(27-14-9-5-4-8-13(14)20(25)26)15(21)17-18-16(22)11-6-2-3-7-12(11)19(23)24/h2-10H,1H3,(H,17,21)(H,18,22). The Morgan fingerprint density at radius 3 is 2.11 bits per heavy atom. The van der Waals surface area contributed by atoms with Gasteiger partial charge in [0, 0.05) is 12.1 Å². The van der Waals surface area contributed by atoms with Crippen LogP contribution >= 0.6 is 0 Å². The predicted octanol–water partition coefficient (Wildman–Crippen LogP) is 1.73. The van der Waals surface area contributed by atoms with Gasteiger partial charge in [0.1, 0.15) is 5.56 Å². The summed E-state index contributed by atoms with van der Waals surface area (Å²) < 4.78 is 5.26. The molecule has 0 radical (unpaired) electrons. The van der Waals surface area contributed by atoms with E-state index < -0.39 is 33.5 Å². The minimum absolute atomic E-state index is 0.116. The highest BCUT2D eigenvalue weighted by molar-refractivity contribution is 5.99. The van der Waals surface area contributed by atoms with Crippen LogP contribution in [0.4, 0.5) is 11.4 Å². The van der Waals surface area contributed by atoms with Crippen LogP contribution in [0.15, 0.2) is 48.5 Å². The first-order valence-corrected chi connectivity index (χ1v) is 7.55. The van der Waals surface area contributed by atoms with Crippen LogP contribution in [0.25, 0.3) is 0 Å². The highest BCUT2D eigenvalue weighted by atomic mass is 16.6. The lowest BCUT2D eigenvalue weighted by atomic mass is 10.2. The molecule has 0 fully saturated rings. The lowest BCUT2D eigenvalue weighted by Crippen LogP contribution is -2.47. The number of rotatable bonds is 6. The number of nitro benzene ring substituents is 2. The van der Waals surface area contributed by atoms with Crippen molar-refractivity contribution in [2.75, 3.05) is 0 Å². The van der Waals surface area contributed by atoms with Crippen molar-refractivity contribution in [3.8, 4) is 5.75 Å². The lowest BCUT2D eigenvalue weighted by molar-refractivity contribution is -0.386. The number of nitrogens with zero attached hydrogens (tertiary/aromatic N) is 2. The van der Waals surface area contributed by atoms with Crippen molar-refractivity contribution in [2.45, 2.75) is 13.0 Å². The number of carbonyl (C=O) groups excluding carboxylic acids is 2. The largest absolute Gasteiger partial charge is 0.474 e.